The molecule has 0 spiro atoms. The monoisotopic (exact) mass is 373 g/mol. The van der Waals surface area contributed by atoms with Crippen LogP contribution in [0.2, 0.25) is 0 Å². The van der Waals surface area contributed by atoms with Crippen molar-refractivity contribution in [2.45, 2.75) is 40.2 Å². The first kappa shape index (κ1) is 18.2. The average Bonchev–Trinajstić information content (AvgIpc) is 3.10. The quantitative estimate of drug-likeness (QED) is 0.720. The summed E-state index contributed by atoms with van der Waals surface area (Å²) in [7, 11) is 0. The number of furan rings is 1. The molecule has 1 N–H and O–H groups in total. The van der Waals surface area contributed by atoms with E-state index in [9.17, 15) is 9.90 Å². The van der Waals surface area contributed by atoms with E-state index in [0.717, 1.165) is 46.0 Å². The van der Waals surface area contributed by atoms with Crippen molar-refractivity contribution in [1.29, 1.82) is 0 Å². The fourth-order valence-corrected chi connectivity index (χ4v) is 3.51. The number of fused-ring (bicyclic) bond motifs is 3. The highest BCUT2D eigenvalue weighted by atomic mass is 35.5. The summed E-state index contributed by atoms with van der Waals surface area (Å²) < 4.78 is 7.46. The summed E-state index contributed by atoms with van der Waals surface area (Å²) in [5.74, 6) is -0.291. The number of hydrogen-bond donors (Lipinski definition) is 1. The highest BCUT2D eigenvalue weighted by Gasteiger charge is 2.29. The zero-order chi connectivity index (χ0) is 17.7. The molecule has 0 amide bonds. The Morgan fingerprint density at radius 1 is 1.31 bits per heavy atom. The van der Waals surface area contributed by atoms with Crippen LogP contribution in [0.15, 0.2) is 22.7 Å². The minimum Gasteiger partial charge on any atom is -1.00 e. The molecule has 26 heavy (non-hydrogen) atoms. The van der Waals surface area contributed by atoms with Gasteiger partial charge in [0.2, 0.25) is 5.76 Å². The highest BCUT2D eigenvalue weighted by molar-refractivity contribution is 5.90. The van der Waals surface area contributed by atoms with Gasteiger partial charge in [-0.1, -0.05) is 6.07 Å². The molecule has 0 aliphatic heterocycles. The third-order valence-electron chi connectivity index (χ3n) is 4.78. The van der Waals surface area contributed by atoms with Gasteiger partial charge < -0.3 is 21.9 Å². The predicted octanol–water partition coefficient (Wildman–Crippen LogP) is 0.425. The molecule has 136 valence electrons. The summed E-state index contributed by atoms with van der Waals surface area (Å²) in [6.07, 6.45) is 3.55. The summed E-state index contributed by atoms with van der Waals surface area (Å²) in [5, 5.41) is 14.0. The van der Waals surface area contributed by atoms with Crippen LogP contribution < -0.4 is 12.4 Å². The molecule has 0 fully saturated rings. The van der Waals surface area contributed by atoms with Crippen LogP contribution in [-0.4, -0.2) is 25.8 Å². The van der Waals surface area contributed by atoms with E-state index in [2.05, 4.69) is 11.1 Å². The fourth-order valence-electron chi connectivity index (χ4n) is 3.51. The van der Waals surface area contributed by atoms with Gasteiger partial charge in [0.25, 0.3) is 0 Å². The Balaban J connectivity index is 0.00000131. The zero-order valence-electron chi connectivity index (χ0n) is 15.8. The smallest absolute Gasteiger partial charge is 1.00 e. The van der Waals surface area contributed by atoms with Gasteiger partial charge in [-0.15, -0.1) is 0 Å². The lowest BCUT2D eigenvalue weighted by Crippen LogP contribution is -3.00. The molecule has 1 aliphatic carbocycles. The Bertz CT molecular complexity index is 1010. The van der Waals surface area contributed by atoms with Gasteiger partial charge in [0.1, 0.15) is 5.76 Å². The summed E-state index contributed by atoms with van der Waals surface area (Å²) in [5.41, 5.74) is 6.60. The van der Waals surface area contributed by atoms with Crippen LogP contribution in [0.5, 0.6) is 0 Å². The third kappa shape index (κ3) is 2.90. The van der Waals surface area contributed by atoms with Crippen molar-refractivity contribution in [1.82, 2.24) is 14.8 Å². The van der Waals surface area contributed by atoms with Crippen molar-refractivity contribution in [3.8, 4) is 11.3 Å². The maximum absolute atomic E-state index is 11.3. The minimum absolute atomic E-state index is 0. The number of halogens is 1. The number of carboxylic acids is 1. The zero-order valence-corrected chi connectivity index (χ0v) is 15.6. The predicted molar refractivity (Wildman–Crippen MR) is 93.0 cm³/mol. The number of rotatable bonds is 3. The van der Waals surface area contributed by atoms with E-state index in [1.54, 1.807) is 6.92 Å². The van der Waals surface area contributed by atoms with E-state index in [0.29, 0.717) is 18.5 Å². The number of aryl methyl sites for hydroxylation is 4. The molecule has 0 aromatic carbocycles. The van der Waals surface area contributed by atoms with Gasteiger partial charge in [0.15, 0.2) is 0 Å². The van der Waals surface area contributed by atoms with Crippen LogP contribution in [0, 0.1) is 20.8 Å². The Morgan fingerprint density at radius 3 is 2.77 bits per heavy atom. The highest BCUT2D eigenvalue weighted by Crippen LogP contribution is 2.38. The standard InChI is InChI=1S/C19H19N3O3.ClH/c1-10-4-5-13(12(3)20-10)8-22-9-14-6-7-15-16(17(14)21-22)11(2)18(25-15)19(23)24;/h4-5,9H,6-8H2,1-3H3,(H,23,24);1H. The average molecular weight is 374 g/mol. The molecule has 0 atom stereocenters. The van der Waals surface area contributed by atoms with E-state index in [1.807, 2.05) is 30.8 Å². The maximum Gasteiger partial charge on any atom is 1.00 e. The van der Waals surface area contributed by atoms with Crippen molar-refractivity contribution >= 4 is 5.97 Å². The number of carbonyl (C=O) groups is 1. The first-order valence-corrected chi connectivity index (χ1v) is 8.29. The van der Waals surface area contributed by atoms with Gasteiger partial charge in [-0.05, 0) is 44.4 Å². The third-order valence-corrected chi connectivity index (χ3v) is 4.78. The number of nitrogens with zero attached hydrogens (tertiary/aromatic N) is 3. The lowest BCUT2D eigenvalue weighted by atomic mass is 9.94. The normalized spacial score (nSPS) is 12.3. The molecule has 3 aromatic rings. The summed E-state index contributed by atoms with van der Waals surface area (Å²) in [6.45, 7) is 6.41. The Labute approximate surface area is 158 Å². The number of carboxylic acid groups (broad SMARTS) is 1. The van der Waals surface area contributed by atoms with Crippen LogP contribution in [0.1, 0.15) is 45.8 Å². The molecule has 0 bridgehead atoms. The lowest BCUT2D eigenvalue weighted by molar-refractivity contribution is -0.0000211. The van der Waals surface area contributed by atoms with E-state index in [-0.39, 0.29) is 19.6 Å². The summed E-state index contributed by atoms with van der Waals surface area (Å²) >= 11 is 0. The van der Waals surface area contributed by atoms with E-state index in [1.165, 1.54) is 0 Å². The van der Waals surface area contributed by atoms with E-state index >= 15 is 0 Å². The molecule has 3 heterocycles. The summed E-state index contributed by atoms with van der Waals surface area (Å²) in [6, 6.07) is 4.08. The van der Waals surface area contributed by atoms with Crippen LogP contribution >= 0.6 is 0 Å². The molecule has 7 heteroatoms. The first-order valence-electron chi connectivity index (χ1n) is 8.29. The van der Waals surface area contributed by atoms with Crippen LogP contribution in [0.4, 0.5) is 0 Å². The molecule has 0 saturated carbocycles. The fraction of sp³-hybridized carbons (Fsp3) is 0.316. The molecule has 0 saturated heterocycles. The molecular weight excluding hydrogens is 354 g/mol. The topological polar surface area (TPSA) is 81.2 Å². The lowest BCUT2D eigenvalue weighted by Gasteiger charge is -2.09. The van der Waals surface area contributed by atoms with Crippen LogP contribution in [0.25, 0.3) is 11.3 Å². The molecule has 4 rings (SSSR count). The Kier molecular flexibility index (Phi) is 4.63. The molecular formula is C19H20ClN3O3. The van der Waals surface area contributed by atoms with Gasteiger partial charge in [0, 0.05) is 35.1 Å². The first-order chi connectivity index (χ1) is 11.9. The number of hydrogen-bond acceptors (Lipinski definition) is 4. The van der Waals surface area contributed by atoms with Crippen molar-refractivity contribution in [3.63, 3.8) is 0 Å². The Hall–Kier alpha value is -2.60. The van der Waals surface area contributed by atoms with E-state index < -0.39 is 5.97 Å². The van der Waals surface area contributed by atoms with Crippen molar-refractivity contribution in [2.24, 2.45) is 0 Å². The van der Waals surface area contributed by atoms with Crippen molar-refractivity contribution < 1.29 is 28.2 Å². The Morgan fingerprint density at radius 2 is 2.08 bits per heavy atom. The minimum atomic E-state index is -1.03. The maximum atomic E-state index is 11.3. The number of pyridine rings is 1. The van der Waals surface area contributed by atoms with Gasteiger partial charge in [-0.3, -0.25) is 9.67 Å². The second-order valence-corrected chi connectivity index (χ2v) is 6.56. The SMILES string of the molecule is Cc1ccc(Cn2cc3c(n2)-c2c(oc(C(=O)O)c2C)CC3)c(C)n1.[Cl-].[H+]. The van der Waals surface area contributed by atoms with Crippen molar-refractivity contribution in [2.75, 3.05) is 0 Å². The van der Waals surface area contributed by atoms with Gasteiger partial charge in [0.05, 0.1) is 12.2 Å². The number of aromatic carboxylic acids is 1. The van der Waals surface area contributed by atoms with Gasteiger partial charge in [-0.25, -0.2) is 4.79 Å². The molecule has 0 unspecified atom stereocenters. The second kappa shape index (κ2) is 6.61. The molecule has 3 aromatic heterocycles. The van der Waals surface area contributed by atoms with Crippen LogP contribution in [-0.2, 0) is 19.4 Å². The number of aromatic nitrogens is 3. The van der Waals surface area contributed by atoms with Gasteiger partial charge in [-0.2, -0.15) is 5.10 Å². The second-order valence-electron chi connectivity index (χ2n) is 6.56. The van der Waals surface area contributed by atoms with E-state index in [4.69, 9.17) is 9.52 Å². The van der Waals surface area contributed by atoms with Crippen LogP contribution in [0.3, 0.4) is 0 Å². The summed E-state index contributed by atoms with van der Waals surface area (Å²) in [4.78, 5) is 15.8. The molecule has 0 radical (unpaired) electrons. The largest absolute Gasteiger partial charge is 1.00 e. The van der Waals surface area contributed by atoms with Crippen molar-refractivity contribution in [3.05, 3.63) is 57.9 Å². The van der Waals surface area contributed by atoms with Gasteiger partial charge >= 0.3 is 7.40 Å². The molecule has 6 nitrogen and oxygen atoms in total. The molecule has 1 aliphatic rings.